The van der Waals surface area contributed by atoms with Crippen LogP contribution in [0.25, 0.3) is 0 Å². The third-order valence-electron chi connectivity index (χ3n) is 10.8. The second kappa shape index (κ2) is 13.1. The quantitative estimate of drug-likeness (QED) is 0.349. The number of ether oxygens (including phenoxy) is 2. The van der Waals surface area contributed by atoms with Gasteiger partial charge in [-0.2, -0.15) is 0 Å². The lowest BCUT2D eigenvalue weighted by molar-refractivity contribution is -0.0516. The van der Waals surface area contributed by atoms with Crippen LogP contribution in [0.2, 0.25) is 5.02 Å². The van der Waals surface area contributed by atoms with Gasteiger partial charge >= 0.3 is 0 Å². The Bertz CT molecular complexity index is 1510. The van der Waals surface area contributed by atoms with Gasteiger partial charge in [0.2, 0.25) is 10.0 Å². The number of amides is 1. The first kappa shape index (κ1) is 32.6. The molecule has 6 rings (SSSR count). The Morgan fingerprint density at radius 1 is 1.18 bits per heavy atom. The minimum atomic E-state index is -3.77. The fraction of sp³-hybridized carbons (Fsp3) is 0.629. The number of fused-ring (bicyclic) bond motifs is 3. The topological polar surface area (TPSA) is 97.0 Å². The molecule has 1 amide bonds. The molecule has 2 N–H and O–H groups in total. The molecule has 0 aromatic heterocycles. The van der Waals surface area contributed by atoms with Crippen LogP contribution in [-0.2, 0) is 26.6 Å². The zero-order chi connectivity index (χ0) is 31.8. The van der Waals surface area contributed by atoms with Gasteiger partial charge in [-0.05, 0) is 106 Å². The zero-order valence-corrected chi connectivity index (χ0v) is 28.4. The SMILES string of the molecule is CCCC[C@]1([C@@H]2CC[C@H]2CN2C[C@@]3(CCCc4cc(Cl)ccc43)COc3ccc(C(=O)NS(=O)(=O)C(C)C)cc32)COCCN1. The first-order valence-electron chi connectivity index (χ1n) is 16.8. The number of aryl methyl sites for hydroxylation is 1. The number of hydrogen-bond donors (Lipinski definition) is 2. The molecule has 45 heavy (non-hydrogen) atoms. The summed E-state index contributed by atoms with van der Waals surface area (Å²) in [5, 5.41) is 3.95. The van der Waals surface area contributed by atoms with E-state index in [0.717, 1.165) is 87.8 Å². The average Bonchev–Trinajstić information content (AvgIpc) is 3.15. The van der Waals surface area contributed by atoms with Crippen LogP contribution in [-0.4, -0.2) is 64.6 Å². The van der Waals surface area contributed by atoms with Gasteiger partial charge in [-0.25, -0.2) is 13.1 Å². The molecule has 2 aliphatic carbocycles. The smallest absolute Gasteiger partial charge is 0.264 e. The number of benzene rings is 2. The van der Waals surface area contributed by atoms with Crippen molar-refractivity contribution in [2.45, 2.75) is 88.3 Å². The van der Waals surface area contributed by atoms with Crippen molar-refractivity contribution < 1.29 is 22.7 Å². The number of morpholine rings is 1. The van der Waals surface area contributed by atoms with Gasteiger partial charge in [0.05, 0.1) is 30.8 Å². The lowest BCUT2D eigenvalue weighted by Crippen LogP contribution is -2.64. The Hall–Kier alpha value is -2.33. The molecule has 2 heterocycles. The Labute approximate surface area is 273 Å². The molecule has 2 fully saturated rings. The van der Waals surface area contributed by atoms with Crippen LogP contribution in [0.5, 0.6) is 5.75 Å². The fourth-order valence-corrected chi connectivity index (χ4v) is 8.92. The summed E-state index contributed by atoms with van der Waals surface area (Å²) in [5.41, 5.74) is 3.50. The van der Waals surface area contributed by atoms with E-state index in [-0.39, 0.29) is 11.0 Å². The van der Waals surface area contributed by atoms with Gasteiger partial charge in [-0.15, -0.1) is 0 Å². The highest BCUT2D eigenvalue weighted by Gasteiger charge is 2.50. The first-order chi connectivity index (χ1) is 21.6. The maximum atomic E-state index is 13.2. The number of anilines is 1. The molecule has 246 valence electrons. The number of unbranched alkanes of at least 4 members (excludes halogenated alkanes) is 1. The van der Waals surface area contributed by atoms with Gasteiger partial charge in [0.25, 0.3) is 5.91 Å². The third kappa shape index (κ3) is 6.47. The summed E-state index contributed by atoms with van der Waals surface area (Å²) in [7, 11) is -3.77. The number of nitrogens with one attached hydrogen (secondary N) is 2. The number of carbonyl (C=O) groups is 1. The van der Waals surface area contributed by atoms with Crippen LogP contribution in [0.15, 0.2) is 36.4 Å². The zero-order valence-electron chi connectivity index (χ0n) is 26.9. The van der Waals surface area contributed by atoms with Crippen molar-refractivity contribution in [2.75, 3.05) is 44.4 Å². The van der Waals surface area contributed by atoms with Gasteiger partial charge in [-0.1, -0.05) is 37.4 Å². The van der Waals surface area contributed by atoms with Gasteiger partial charge in [0.15, 0.2) is 0 Å². The molecule has 10 heteroatoms. The summed E-state index contributed by atoms with van der Waals surface area (Å²) in [4.78, 5) is 15.7. The Morgan fingerprint density at radius 2 is 2.02 bits per heavy atom. The number of carbonyl (C=O) groups excluding carboxylic acids is 1. The monoisotopic (exact) mass is 657 g/mol. The van der Waals surface area contributed by atoms with Crippen molar-refractivity contribution in [3.63, 3.8) is 0 Å². The summed E-state index contributed by atoms with van der Waals surface area (Å²) in [6.07, 6.45) is 8.78. The van der Waals surface area contributed by atoms with E-state index in [9.17, 15) is 13.2 Å². The largest absolute Gasteiger partial charge is 0.490 e. The third-order valence-corrected chi connectivity index (χ3v) is 12.7. The van der Waals surface area contributed by atoms with E-state index >= 15 is 0 Å². The summed E-state index contributed by atoms with van der Waals surface area (Å²) >= 11 is 6.45. The molecule has 0 radical (unpaired) electrons. The van der Waals surface area contributed by atoms with Gasteiger partial charge in [0.1, 0.15) is 5.75 Å². The molecular formula is C35H48ClN3O5S. The van der Waals surface area contributed by atoms with Gasteiger partial charge in [0, 0.05) is 41.2 Å². The number of sulfonamides is 1. The second-order valence-electron chi connectivity index (χ2n) is 14.0. The van der Waals surface area contributed by atoms with Gasteiger partial charge in [-0.3, -0.25) is 4.79 Å². The molecule has 1 saturated heterocycles. The summed E-state index contributed by atoms with van der Waals surface area (Å²) in [5.74, 6) is 1.05. The van der Waals surface area contributed by atoms with Crippen LogP contribution >= 0.6 is 11.6 Å². The van der Waals surface area contributed by atoms with E-state index in [0.29, 0.717) is 24.0 Å². The predicted molar refractivity (Wildman–Crippen MR) is 179 cm³/mol. The molecule has 0 bridgehead atoms. The van der Waals surface area contributed by atoms with Crippen molar-refractivity contribution >= 4 is 33.2 Å². The van der Waals surface area contributed by atoms with E-state index in [4.69, 9.17) is 21.1 Å². The van der Waals surface area contributed by atoms with Crippen LogP contribution in [0.1, 0.15) is 87.2 Å². The van der Waals surface area contributed by atoms with Crippen molar-refractivity contribution in [1.29, 1.82) is 0 Å². The average molecular weight is 658 g/mol. The number of halogens is 1. The second-order valence-corrected chi connectivity index (χ2v) is 16.7. The highest BCUT2D eigenvalue weighted by Crippen LogP contribution is 2.49. The standard InChI is InChI=1S/C35H48ClN3O5S/c1-4-5-15-35(23-43-17-16-37-35)30-11-8-27(30)20-39-21-34(14-6-7-25-18-28(36)10-12-29(25)34)22-44-32-13-9-26(19-31(32)39)33(40)38-45(41,42)24(2)3/h9-10,12-13,18-19,24,27,30,37H,4-8,11,14-17,20-23H2,1-3H3,(H,38,40)/t27-,30+,34-,35+/m0/s1. The summed E-state index contributed by atoms with van der Waals surface area (Å²) in [6, 6.07) is 11.6. The van der Waals surface area contributed by atoms with E-state index in [1.54, 1.807) is 19.9 Å². The molecule has 1 spiro atoms. The molecule has 4 atom stereocenters. The van der Waals surface area contributed by atoms with Crippen LogP contribution in [0.4, 0.5) is 5.69 Å². The number of hydrogen-bond acceptors (Lipinski definition) is 7. The predicted octanol–water partition coefficient (Wildman–Crippen LogP) is 5.86. The maximum absolute atomic E-state index is 13.2. The number of nitrogens with zero attached hydrogens (tertiary/aromatic N) is 1. The van der Waals surface area contributed by atoms with E-state index < -0.39 is 21.2 Å². The molecule has 2 aromatic rings. The minimum Gasteiger partial charge on any atom is -0.490 e. The highest BCUT2D eigenvalue weighted by atomic mass is 35.5. The van der Waals surface area contributed by atoms with Gasteiger partial charge < -0.3 is 19.7 Å². The summed E-state index contributed by atoms with van der Waals surface area (Å²) in [6.45, 7) is 9.87. The highest BCUT2D eigenvalue weighted by molar-refractivity contribution is 7.90. The molecule has 2 aromatic carbocycles. The van der Waals surface area contributed by atoms with E-state index in [1.807, 2.05) is 18.2 Å². The van der Waals surface area contributed by atoms with Crippen LogP contribution in [0, 0.1) is 11.8 Å². The Balaban J connectivity index is 1.36. The minimum absolute atomic E-state index is 0.0127. The van der Waals surface area contributed by atoms with Crippen LogP contribution < -0.4 is 19.7 Å². The van der Waals surface area contributed by atoms with E-state index in [1.165, 1.54) is 24.0 Å². The lowest BCUT2D eigenvalue weighted by Gasteiger charge is -2.54. The Morgan fingerprint density at radius 3 is 2.73 bits per heavy atom. The normalized spacial score (nSPS) is 28.1. The summed E-state index contributed by atoms with van der Waals surface area (Å²) < 4.78 is 40.1. The van der Waals surface area contributed by atoms with Crippen molar-refractivity contribution in [3.8, 4) is 5.75 Å². The van der Waals surface area contributed by atoms with Crippen molar-refractivity contribution in [2.24, 2.45) is 11.8 Å². The van der Waals surface area contributed by atoms with Crippen molar-refractivity contribution in [1.82, 2.24) is 10.0 Å². The number of rotatable bonds is 9. The molecule has 1 saturated carbocycles. The molecule has 8 nitrogen and oxygen atoms in total. The Kier molecular flexibility index (Phi) is 9.46. The molecule has 2 aliphatic heterocycles. The molecule has 4 aliphatic rings. The van der Waals surface area contributed by atoms with Crippen LogP contribution in [0.3, 0.4) is 0 Å². The molecular weight excluding hydrogens is 610 g/mol. The molecule has 0 unspecified atom stereocenters. The lowest BCUT2D eigenvalue weighted by atomic mass is 9.61. The fourth-order valence-electron chi connectivity index (χ4n) is 8.11. The maximum Gasteiger partial charge on any atom is 0.264 e. The first-order valence-corrected chi connectivity index (χ1v) is 18.7. The van der Waals surface area contributed by atoms with Crippen molar-refractivity contribution in [3.05, 3.63) is 58.1 Å². The van der Waals surface area contributed by atoms with E-state index in [2.05, 4.69) is 34.0 Å².